The highest BCUT2D eigenvalue weighted by molar-refractivity contribution is 5.96. The highest BCUT2D eigenvalue weighted by Crippen LogP contribution is 2.32. The molecule has 24 heavy (non-hydrogen) atoms. The summed E-state index contributed by atoms with van der Waals surface area (Å²) in [4.78, 5) is 26.0. The van der Waals surface area contributed by atoms with Crippen LogP contribution in [0.2, 0.25) is 0 Å². The standard InChI is InChI=1S/C17H23N5O2/c1-11-15(12(2)24-20-11)17(23)22-9-5-6-14(22)16-18-8-7-13(19-16)10-21(3)4/h7-8,14H,5-6,9-10H2,1-4H3. The maximum absolute atomic E-state index is 13.0. The van der Waals surface area contributed by atoms with E-state index in [1.54, 1.807) is 20.0 Å². The van der Waals surface area contributed by atoms with Gasteiger partial charge in [0.05, 0.1) is 17.4 Å². The Labute approximate surface area is 141 Å². The summed E-state index contributed by atoms with van der Waals surface area (Å²) in [6, 6.07) is 1.83. The lowest BCUT2D eigenvalue weighted by Gasteiger charge is -2.24. The Kier molecular flexibility index (Phi) is 4.62. The third-order valence-electron chi connectivity index (χ3n) is 4.27. The van der Waals surface area contributed by atoms with E-state index >= 15 is 0 Å². The summed E-state index contributed by atoms with van der Waals surface area (Å²) >= 11 is 0. The van der Waals surface area contributed by atoms with E-state index < -0.39 is 0 Å². The van der Waals surface area contributed by atoms with E-state index in [2.05, 4.69) is 20.0 Å². The van der Waals surface area contributed by atoms with Crippen LogP contribution in [0, 0.1) is 13.8 Å². The topological polar surface area (TPSA) is 75.4 Å². The first-order valence-electron chi connectivity index (χ1n) is 8.17. The van der Waals surface area contributed by atoms with Crippen LogP contribution >= 0.6 is 0 Å². The molecule has 3 heterocycles. The van der Waals surface area contributed by atoms with Gasteiger partial charge in [-0.1, -0.05) is 5.16 Å². The smallest absolute Gasteiger partial charge is 0.259 e. The molecule has 1 unspecified atom stereocenters. The first-order valence-corrected chi connectivity index (χ1v) is 8.17. The predicted octanol–water partition coefficient (Wildman–Crippen LogP) is 2.12. The first-order chi connectivity index (χ1) is 11.5. The van der Waals surface area contributed by atoms with Gasteiger partial charge >= 0.3 is 0 Å². The molecule has 1 amide bonds. The molecule has 7 nitrogen and oxygen atoms in total. The SMILES string of the molecule is Cc1noc(C)c1C(=O)N1CCCC1c1nccc(CN(C)C)n1. The molecule has 1 aliphatic rings. The summed E-state index contributed by atoms with van der Waals surface area (Å²) in [5.41, 5.74) is 2.15. The molecular formula is C17H23N5O2. The number of rotatable bonds is 4. The Morgan fingerprint density at radius 2 is 2.21 bits per heavy atom. The Morgan fingerprint density at radius 3 is 2.88 bits per heavy atom. The van der Waals surface area contributed by atoms with Crippen molar-refractivity contribution in [2.75, 3.05) is 20.6 Å². The number of likely N-dealkylation sites (tertiary alicyclic amines) is 1. The highest BCUT2D eigenvalue weighted by Gasteiger charge is 2.35. The lowest BCUT2D eigenvalue weighted by molar-refractivity contribution is 0.0727. The average Bonchev–Trinajstić information content (AvgIpc) is 3.13. The molecule has 1 atom stereocenters. The minimum atomic E-state index is -0.0895. The van der Waals surface area contributed by atoms with Crippen molar-refractivity contribution >= 4 is 5.91 Å². The van der Waals surface area contributed by atoms with Crippen molar-refractivity contribution in [2.45, 2.75) is 39.3 Å². The third kappa shape index (κ3) is 3.17. The van der Waals surface area contributed by atoms with Gasteiger partial charge in [-0.3, -0.25) is 4.79 Å². The molecule has 0 radical (unpaired) electrons. The van der Waals surface area contributed by atoms with Gasteiger partial charge in [0.2, 0.25) is 0 Å². The molecule has 1 aliphatic heterocycles. The van der Waals surface area contributed by atoms with E-state index in [9.17, 15) is 4.79 Å². The summed E-state index contributed by atoms with van der Waals surface area (Å²) in [6.45, 7) is 5.02. The summed E-state index contributed by atoms with van der Waals surface area (Å²) in [6.07, 6.45) is 3.60. The molecule has 2 aromatic rings. The van der Waals surface area contributed by atoms with Gasteiger partial charge in [-0.25, -0.2) is 9.97 Å². The highest BCUT2D eigenvalue weighted by atomic mass is 16.5. The van der Waals surface area contributed by atoms with E-state index in [-0.39, 0.29) is 11.9 Å². The van der Waals surface area contributed by atoms with Gasteiger partial charge < -0.3 is 14.3 Å². The zero-order chi connectivity index (χ0) is 17.3. The lowest BCUT2D eigenvalue weighted by Crippen LogP contribution is -2.32. The number of carbonyl (C=O) groups excluding carboxylic acids is 1. The lowest BCUT2D eigenvalue weighted by atomic mass is 10.1. The fourth-order valence-electron chi connectivity index (χ4n) is 3.20. The van der Waals surface area contributed by atoms with E-state index in [0.717, 1.165) is 25.1 Å². The Bertz CT molecular complexity index is 721. The molecule has 128 valence electrons. The molecule has 2 aromatic heterocycles. The predicted molar refractivity (Wildman–Crippen MR) is 88.4 cm³/mol. The maximum Gasteiger partial charge on any atom is 0.259 e. The molecule has 0 aromatic carbocycles. The number of hydrogen-bond donors (Lipinski definition) is 0. The summed E-state index contributed by atoms with van der Waals surface area (Å²) in [7, 11) is 4.01. The Morgan fingerprint density at radius 1 is 1.42 bits per heavy atom. The van der Waals surface area contributed by atoms with Gasteiger partial charge in [-0.05, 0) is 46.9 Å². The minimum Gasteiger partial charge on any atom is -0.361 e. The molecule has 0 aliphatic carbocycles. The Balaban J connectivity index is 1.87. The summed E-state index contributed by atoms with van der Waals surface area (Å²) in [5.74, 6) is 1.23. The number of aryl methyl sites for hydroxylation is 2. The van der Waals surface area contributed by atoms with Gasteiger partial charge in [0, 0.05) is 19.3 Å². The zero-order valence-electron chi connectivity index (χ0n) is 14.6. The second-order valence-corrected chi connectivity index (χ2v) is 6.50. The van der Waals surface area contributed by atoms with Crippen molar-refractivity contribution in [2.24, 2.45) is 0 Å². The van der Waals surface area contributed by atoms with Crippen molar-refractivity contribution < 1.29 is 9.32 Å². The number of aromatic nitrogens is 3. The second-order valence-electron chi connectivity index (χ2n) is 6.50. The molecular weight excluding hydrogens is 306 g/mol. The van der Waals surface area contributed by atoms with Crippen LogP contribution in [-0.4, -0.2) is 51.5 Å². The van der Waals surface area contributed by atoms with Crippen LogP contribution in [-0.2, 0) is 6.54 Å². The molecule has 0 spiro atoms. The normalized spacial score (nSPS) is 17.7. The molecule has 0 N–H and O–H groups in total. The quantitative estimate of drug-likeness (QED) is 0.855. The fourth-order valence-corrected chi connectivity index (χ4v) is 3.20. The Hall–Kier alpha value is -2.28. The van der Waals surface area contributed by atoms with Crippen LogP contribution < -0.4 is 0 Å². The van der Waals surface area contributed by atoms with E-state index in [1.807, 2.05) is 25.1 Å². The summed E-state index contributed by atoms with van der Waals surface area (Å²) in [5, 5.41) is 3.89. The van der Waals surface area contributed by atoms with E-state index in [0.29, 0.717) is 29.4 Å². The van der Waals surface area contributed by atoms with Crippen molar-refractivity contribution in [1.82, 2.24) is 24.9 Å². The number of carbonyl (C=O) groups is 1. The van der Waals surface area contributed by atoms with Crippen LogP contribution in [0.1, 0.15) is 52.2 Å². The molecule has 1 saturated heterocycles. The number of hydrogen-bond acceptors (Lipinski definition) is 6. The number of nitrogens with zero attached hydrogens (tertiary/aromatic N) is 5. The van der Waals surface area contributed by atoms with Gasteiger partial charge in [-0.2, -0.15) is 0 Å². The molecule has 7 heteroatoms. The van der Waals surface area contributed by atoms with Crippen LogP contribution in [0.3, 0.4) is 0 Å². The monoisotopic (exact) mass is 329 g/mol. The van der Waals surface area contributed by atoms with Crippen LogP contribution in [0.25, 0.3) is 0 Å². The van der Waals surface area contributed by atoms with Gasteiger partial charge in [0.15, 0.2) is 5.82 Å². The van der Waals surface area contributed by atoms with Gasteiger partial charge in [0.1, 0.15) is 11.3 Å². The van der Waals surface area contributed by atoms with E-state index in [1.165, 1.54) is 0 Å². The maximum atomic E-state index is 13.0. The zero-order valence-corrected chi connectivity index (χ0v) is 14.6. The van der Waals surface area contributed by atoms with Gasteiger partial charge in [0.25, 0.3) is 5.91 Å². The van der Waals surface area contributed by atoms with Crippen LogP contribution in [0.4, 0.5) is 0 Å². The van der Waals surface area contributed by atoms with Crippen molar-refractivity contribution in [3.05, 3.63) is 40.8 Å². The second kappa shape index (κ2) is 6.68. The van der Waals surface area contributed by atoms with Crippen LogP contribution in [0.5, 0.6) is 0 Å². The van der Waals surface area contributed by atoms with Crippen molar-refractivity contribution in [1.29, 1.82) is 0 Å². The molecule has 3 rings (SSSR count). The minimum absolute atomic E-state index is 0.0460. The number of amides is 1. The average molecular weight is 329 g/mol. The van der Waals surface area contributed by atoms with Crippen LogP contribution in [0.15, 0.2) is 16.8 Å². The molecule has 0 bridgehead atoms. The van der Waals surface area contributed by atoms with E-state index in [4.69, 9.17) is 4.52 Å². The fraction of sp³-hybridized carbons (Fsp3) is 0.529. The van der Waals surface area contributed by atoms with Crippen molar-refractivity contribution in [3.8, 4) is 0 Å². The third-order valence-corrected chi connectivity index (χ3v) is 4.27. The first kappa shape index (κ1) is 16.6. The molecule has 0 saturated carbocycles. The van der Waals surface area contributed by atoms with Gasteiger partial charge in [-0.15, -0.1) is 0 Å². The molecule has 1 fully saturated rings. The van der Waals surface area contributed by atoms with Crippen molar-refractivity contribution in [3.63, 3.8) is 0 Å². The summed E-state index contributed by atoms with van der Waals surface area (Å²) < 4.78 is 5.15. The largest absolute Gasteiger partial charge is 0.361 e.